The SMILES string of the molecule is Cc1ccccc1-c1nnc(I)s1. The van der Waals surface area contributed by atoms with Crippen LogP contribution in [0.5, 0.6) is 0 Å². The monoisotopic (exact) mass is 302 g/mol. The highest BCUT2D eigenvalue weighted by Gasteiger charge is 2.05. The van der Waals surface area contributed by atoms with E-state index in [0.717, 1.165) is 8.02 Å². The predicted octanol–water partition coefficient (Wildman–Crippen LogP) is 3.12. The summed E-state index contributed by atoms with van der Waals surface area (Å²) in [6.07, 6.45) is 0. The molecule has 0 N–H and O–H groups in total. The summed E-state index contributed by atoms with van der Waals surface area (Å²) in [4.78, 5) is 0. The molecule has 0 saturated carbocycles. The van der Waals surface area contributed by atoms with Gasteiger partial charge in [0.1, 0.15) is 5.01 Å². The molecular formula is C9H7IN2S. The zero-order chi connectivity index (χ0) is 9.26. The second-order valence-electron chi connectivity index (χ2n) is 2.68. The molecule has 0 unspecified atom stereocenters. The number of aromatic nitrogens is 2. The molecule has 4 heteroatoms. The van der Waals surface area contributed by atoms with E-state index >= 15 is 0 Å². The number of nitrogens with zero attached hydrogens (tertiary/aromatic N) is 2. The van der Waals surface area contributed by atoms with Crippen LogP contribution in [0.2, 0.25) is 0 Å². The first-order valence-corrected chi connectivity index (χ1v) is 5.72. The summed E-state index contributed by atoms with van der Waals surface area (Å²) >= 11 is 3.80. The highest BCUT2D eigenvalue weighted by molar-refractivity contribution is 14.1. The Morgan fingerprint density at radius 2 is 2.00 bits per heavy atom. The highest BCUT2D eigenvalue weighted by atomic mass is 127. The van der Waals surface area contributed by atoms with Crippen molar-refractivity contribution in [3.8, 4) is 10.6 Å². The van der Waals surface area contributed by atoms with Gasteiger partial charge in [-0.15, -0.1) is 10.2 Å². The van der Waals surface area contributed by atoms with Gasteiger partial charge in [0, 0.05) is 5.56 Å². The van der Waals surface area contributed by atoms with E-state index in [2.05, 4.69) is 51.8 Å². The Morgan fingerprint density at radius 3 is 2.62 bits per heavy atom. The molecule has 0 radical (unpaired) electrons. The summed E-state index contributed by atoms with van der Waals surface area (Å²) in [6.45, 7) is 2.09. The van der Waals surface area contributed by atoms with Crippen LogP contribution in [0, 0.1) is 9.94 Å². The number of halogens is 1. The second-order valence-corrected chi connectivity index (χ2v) is 5.41. The van der Waals surface area contributed by atoms with E-state index in [1.54, 1.807) is 11.3 Å². The molecule has 2 rings (SSSR count). The Balaban J connectivity index is 2.52. The van der Waals surface area contributed by atoms with Crippen LogP contribution in [0.15, 0.2) is 24.3 Å². The standard InChI is InChI=1S/C9H7IN2S/c1-6-4-2-3-5-7(6)8-11-12-9(10)13-8/h2-5H,1H3. The topological polar surface area (TPSA) is 25.8 Å². The van der Waals surface area contributed by atoms with Gasteiger partial charge in [-0.25, -0.2) is 0 Å². The first kappa shape index (κ1) is 9.08. The maximum atomic E-state index is 4.11. The Morgan fingerprint density at radius 1 is 1.23 bits per heavy atom. The second kappa shape index (κ2) is 3.71. The summed E-state index contributed by atoms with van der Waals surface area (Å²) in [7, 11) is 0. The molecule has 2 nitrogen and oxygen atoms in total. The van der Waals surface area contributed by atoms with Crippen LogP contribution in [0.25, 0.3) is 10.6 Å². The first-order valence-electron chi connectivity index (χ1n) is 3.82. The van der Waals surface area contributed by atoms with Crippen molar-refractivity contribution in [3.63, 3.8) is 0 Å². The summed E-state index contributed by atoms with van der Waals surface area (Å²) in [6, 6.07) is 8.22. The van der Waals surface area contributed by atoms with Gasteiger partial charge >= 0.3 is 0 Å². The maximum Gasteiger partial charge on any atom is 0.178 e. The third kappa shape index (κ3) is 1.88. The molecule has 0 aliphatic carbocycles. The summed E-state index contributed by atoms with van der Waals surface area (Å²) in [5, 5.41) is 9.10. The quantitative estimate of drug-likeness (QED) is 0.756. The lowest BCUT2D eigenvalue weighted by Gasteiger charge is -1.98. The molecule has 0 bridgehead atoms. The number of hydrogen-bond acceptors (Lipinski definition) is 3. The number of benzene rings is 1. The van der Waals surface area contributed by atoms with Crippen LogP contribution < -0.4 is 0 Å². The van der Waals surface area contributed by atoms with Crippen LogP contribution >= 0.6 is 33.9 Å². The van der Waals surface area contributed by atoms with Crippen molar-refractivity contribution in [2.24, 2.45) is 0 Å². The minimum atomic E-state index is 0.982. The fraction of sp³-hybridized carbons (Fsp3) is 0.111. The van der Waals surface area contributed by atoms with Crippen LogP contribution in [0.1, 0.15) is 5.56 Å². The van der Waals surface area contributed by atoms with E-state index in [0.29, 0.717) is 0 Å². The fourth-order valence-electron chi connectivity index (χ4n) is 1.13. The Hall–Kier alpha value is -0.490. The fourth-order valence-corrected chi connectivity index (χ4v) is 2.52. The molecule has 13 heavy (non-hydrogen) atoms. The molecule has 1 aromatic carbocycles. The average Bonchev–Trinajstić information content (AvgIpc) is 2.53. The van der Waals surface area contributed by atoms with E-state index in [1.165, 1.54) is 11.1 Å². The predicted molar refractivity (Wildman–Crippen MR) is 62.8 cm³/mol. The molecule has 0 aliphatic heterocycles. The molecule has 0 spiro atoms. The van der Waals surface area contributed by atoms with Crippen molar-refractivity contribution in [1.29, 1.82) is 0 Å². The van der Waals surface area contributed by atoms with Crippen LogP contribution in [-0.2, 0) is 0 Å². The Labute approximate surface area is 94.2 Å². The van der Waals surface area contributed by atoms with Crippen LogP contribution in [0.3, 0.4) is 0 Å². The zero-order valence-corrected chi connectivity index (χ0v) is 9.96. The molecule has 1 aromatic heterocycles. The minimum absolute atomic E-state index is 0.982. The molecule has 66 valence electrons. The number of hydrogen-bond donors (Lipinski definition) is 0. The van der Waals surface area contributed by atoms with Gasteiger partial charge in [-0.2, -0.15) is 0 Å². The minimum Gasteiger partial charge on any atom is -0.137 e. The number of rotatable bonds is 1. The lowest BCUT2D eigenvalue weighted by molar-refractivity contribution is 1.07. The van der Waals surface area contributed by atoms with E-state index in [-0.39, 0.29) is 0 Å². The lowest BCUT2D eigenvalue weighted by Crippen LogP contribution is -1.80. The van der Waals surface area contributed by atoms with Crippen molar-refractivity contribution >= 4 is 33.9 Å². The molecule has 2 aromatic rings. The first-order chi connectivity index (χ1) is 6.27. The highest BCUT2D eigenvalue weighted by Crippen LogP contribution is 2.26. The summed E-state index contributed by atoms with van der Waals surface area (Å²) in [5.74, 6) is 0. The Bertz CT molecular complexity index is 425. The largest absolute Gasteiger partial charge is 0.178 e. The van der Waals surface area contributed by atoms with Gasteiger partial charge in [0.2, 0.25) is 0 Å². The molecule has 0 saturated heterocycles. The zero-order valence-electron chi connectivity index (χ0n) is 6.99. The summed E-state index contributed by atoms with van der Waals surface area (Å²) < 4.78 is 0.982. The van der Waals surface area contributed by atoms with Crippen LogP contribution in [0.4, 0.5) is 0 Å². The molecule has 1 heterocycles. The van der Waals surface area contributed by atoms with Crippen molar-refractivity contribution in [2.45, 2.75) is 6.92 Å². The van der Waals surface area contributed by atoms with Gasteiger partial charge in [-0.3, -0.25) is 0 Å². The molecule has 0 atom stereocenters. The average molecular weight is 302 g/mol. The van der Waals surface area contributed by atoms with Crippen molar-refractivity contribution in [1.82, 2.24) is 10.2 Å². The maximum absolute atomic E-state index is 4.11. The number of aryl methyl sites for hydroxylation is 1. The third-order valence-corrected chi connectivity index (χ3v) is 3.40. The lowest BCUT2D eigenvalue weighted by atomic mass is 10.1. The van der Waals surface area contributed by atoms with Gasteiger partial charge in [0.05, 0.1) is 0 Å². The van der Waals surface area contributed by atoms with Gasteiger partial charge in [-0.1, -0.05) is 35.6 Å². The molecular weight excluding hydrogens is 295 g/mol. The van der Waals surface area contributed by atoms with Crippen molar-refractivity contribution < 1.29 is 0 Å². The molecule has 0 aliphatic rings. The van der Waals surface area contributed by atoms with E-state index in [1.807, 2.05) is 12.1 Å². The summed E-state index contributed by atoms with van der Waals surface area (Å²) in [5.41, 5.74) is 2.43. The van der Waals surface area contributed by atoms with Crippen LogP contribution in [-0.4, -0.2) is 10.2 Å². The smallest absolute Gasteiger partial charge is 0.137 e. The van der Waals surface area contributed by atoms with Crippen molar-refractivity contribution in [2.75, 3.05) is 0 Å². The van der Waals surface area contributed by atoms with E-state index in [9.17, 15) is 0 Å². The van der Waals surface area contributed by atoms with E-state index < -0.39 is 0 Å². The Kier molecular flexibility index (Phi) is 2.59. The molecule has 0 fully saturated rings. The van der Waals surface area contributed by atoms with Gasteiger partial charge in [-0.05, 0) is 35.1 Å². The normalized spacial score (nSPS) is 10.3. The van der Waals surface area contributed by atoms with Crippen molar-refractivity contribution in [3.05, 3.63) is 32.8 Å². The van der Waals surface area contributed by atoms with Gasteiger partial charge in [0.15, 0.2) is 3.01 Å². The van der Waals surface area contributed by atoms with Gasteiger partial charge < -0.3 is 0 Å². The van der Waals surface area contributed by atoms with Gasteiger partial charge in [0.25, 0.3) is 0 Å². The molecule has 0 amide bonds. The third-order valence-electron chi connectivity index (χ3n) is 1.78. The van der Waals surface area contributed by atoms with E-state index in [4.69, 9.17) is 0 Å².